The molecule has 1 aromatic heterocycles. The van der Waals surface area contributed by atoms with E-state index in [0.717, 1.165) is 61.5 Å². The third kappa shape index (κ3) is 4.25. The van der Waals surface area contributed by atoms with Gasteiger partial charge in [0.2, 0.25) is 0 Å². The minimum Gasteiger partial charge on any atom is -0.468 e. The number of ketones is 1. The number of ether oxygens (including phenoxy) is 1. The van der Waals surface area contributed by atoms with Crippen LogP contribution in [0.3, 0.4) is 0 Å². The number of carbonyl (C=O) groups is 1. The van der Waals surface area contributed by atoms with Crippen molar-refractivity contribution in [2.45, 2.75) is 59.7 Å². The van der Waals surface area contributed by atoms with Gasteiger partial charge in [0.15, 0.2) is 5.78 Å². The fraction of sp³-hybridized carbons (Fsp3) is 0.500. The highest BCUT2D eigenvalue weighted by molar-refractivity contribution is 5.97. The summed E-state index contributed by atoms with van der Waals surface area (Å²) in [4.78, 5) is 14.5. The molecular weight excluding hydrogens is 326 g/mol. The highest BCUT2D eigenvalue weighted by atomic mass is 16.5. The number of aryl methyl sites for hydroxylation is 2. The van der Waals surface area contributed by atoms with Crippen molar-refractivity contribution in [3.05, 3.63) is 58.0 Å². The van der Waals surface area contributed by atoms with Crippen LogP contribution >= 0.6 is 0 Å². The largest absolute Gasteiger partial charge is 0.468 e. The molecule has 3 rings (SSSR count). The summed E-state index contributed by atoms with van der Waals surface area (Å²) in [6, 6.07) is 6.07. The summed E-state index contributed by atoms with van der Waals surface area (Å²) < 4.78 is 11.4. The first-order valence-corrected chi connectivity index (χ1v) is 9.42. The van der Waals surface area contributed by atoms with Crippen LogP contribution in [-0.4, -0.2) is 29.9 Å². The Bertz CT molecular complexity index is 758. The first kappa shape index (κ1) is 18.9. The molecule has 2 aromatic rings. The van der Waals surface area contributed by atoms with Gasteiger partial charge in [-0.1, -0.05) is 6.07 Å². The van der Waals surface area contributed by atoms with E-state index in [9.17, 15) is 4.79 Å². The fourth-order valence-electron chi connectivity index (χ4n) is 4.12. The predicted octanol–water partition coefficient (Wildman–Crippen LogP) is 4.59. The average molecular weight is 355 g/mol. The van der Waals surface area contributed by atoms with Crippen LogP contribution in [0.4, 0.5) is 0 Å². The number of furan rings is 1. The summed E-state index contributed by atoms with van der Waals surface area (Å²) in [5, 5.41) is 0. The van der Waals surface area contributed by atoms with Crippen LogP contribution in [-0.2, 0) is 17.8 Å². The van der Waals surface area contributed by atoms with Gasteiger partial charge in [0.25, 0.3) is 0 Å². The van der Waals surface area contributed by atoms with Crippen molar-refractivity contribution in [1.29, 1.82) is 0 Å². The number of Topliss-reactive ketones (excluding diaryl/α,β-unsaturated/α-hetero) is 1. The van der Waals surface area contributed by atoms with Gasteiger partial charge in [0.1, 0.15) is 5.76 Å². The normalized spacial score (nSPS) is 17.2. The molecule has 0 aliphatic carbocycles. The molecule has 140 valence electrons. The van der Waals surface area contributed by atoms with Crippen LogP contribution in [0.5, 0.6) is 0 Å². The third-order valence-electron chi connectivity index (χ3n) is 5.31. The van der Waals surface area contributed by atoms with Crippen LogP contribution in [0.25, 0.3) is 0 Å². The van der Waals surface area contributed by atoms with E-state index in [1.54, 1.807) is 13.2 Å². The van der Waals surface area contributed by atoms with E-state index in [4.69, 9.17) is 9.15 Å². The van der Waals surface area contributed by atoms with Crippen molar-refractivity contribution in [2.24, 2.45) is 0 Å². The molecule has 1 atom stereocenters. The fourth-order valence-corrected chi connectivity index (χ4v) is 4.12. The zero-order chi connectivity index (χ0) is 18.7. The molecule has 1 aliphatic heterocycles. The topological polar surface area (TPSA) is 42.7 Å². The van der Waals surface area contributed by atoms with Crippen molar-refractivity contribution in [1.82, 2.24) is 4.90 Å². The molecule has 0 N–H and O–H groups in total. The molecule has 0 saturated carbocycles. The molecular formula is C22H29NO3. The van der Waals surface area contributed by atoms with E-state index < -0.39 is 0 Å². The highest BCUT2D eigenvalue weighted by Gasteiger charge is 2.22. The summed E-state index contributed by atoms with van der Waals surface area (Å²) in [6.45, 7) is 11.2. The first-order chi connectivity index (χ1) is 12.5. The van der Waals surface area contributed by atoms with Gasteiger partial charge < -0.3 is 9.15 Å². The molecule has 0 bridgehead atoms. The highest BCUT2D eigenvalue weighted by Crippen LogP contribution is 2.26. The summed E-state index contributed by atoms with van der Waals surface area (Å²) in [5.74, 6) is 1.09. The molecule has 1 aromatic carbocycles. The van der Waals surface area contributed by atoms with Crippen LogP contribution in [0.1, 0.15) is 58.1 Å². The maximum absolute atomic E-state index is 12.1. The smallest absolute Gasteiger partial charge is 0.160 e. The van der Waals surface area contributed by atoms with Crippen molar-refractivity contribution in [3.8, 4) is 0 Å². The summed E-state index contributed by atoms with van der Waals surface area (Å²) in [5.41, 5.74) is 5.51. The average Bonchev–Trinajstić information content (AvgIpc) is 3.24. The van der Waals surface area contributed by atoms with Gasteiger partial charge in [-0.2, -0.15) is 0 Å². The molecule has 1 unspecified atom stereocenters. The van der Waals surface area contributed by atoms with Gasteiger partial charge in [-0.05, 0) is 74.9 Å². The lowest BCUT2D eigenvalue weighted by atomic mass is 9.91. The molecule has 0 spiro atoms. The SMILES string of the molecule is CC(=O)c1c(C)cc(C)c(CN(Cc2ccco2)CC2CCCO2)c1C. The Hall–Kier alpha value is -1.91. The van der Waals surface area contributed by atoms with Gasteiger partial charge in [0, 0.05) is 25.3 Å². The first-order valence-electron chi connectivity index (χ1n) is 9.42. The third-order valence-corrected chi connectivity index (χ3v) is 5.31. The van der Waals surface area contributed by atoms with Gasteiger partial charge >= 0.3 is 0 Å². The Morgan fingerprint density at radius 2 is 2.04 bits per heavy atom. The van der Waals surface area contributed by atoms with Crippen LogP contribution in [0.2, 0.25) is 0 Å². The molecule has 26 heavy (non-hydrogen) atoms. The lowest BCUT2D eigenvalue weighted by Crippen LogP contribution is -2.32. The number of hydrogen-bond acceptors (Lipinski definition) is 4. The Kier molecular flexibility index (Phi) is 5.94. The number of benzene rings is 1. The molecule has 2 heterocycles. The summed E-state index contributed by atoms with van der Waals surface area (Å²) >= 11 is 0. The second kappa shape index (κ2) is 8.19. The second-order valence-corrected chi connectivity index (χ2v) is 7.43. The van der Waals surface area contributed by atoms with E-state index in [2.05, 4.69) is 24.8 Å². The lowest BCUT2D eigenvalue weighted by Gasteiger charge is -2.27. The Morgan fingerprint density at radius 3 is 2.65 bits per heavy atom. The predicted molar refractivity (Wildman–Crippen MR) is 102 cm³/mol. The molecule has 4 heteroatoms. The lowest BCUT2D eigenvalue weighted by molar-refractivity contribution is 0.0653. The second-order valence-electron chi connectivity index (χ2n) is 7.43. The minimum absolute atomic E-state index is 0.137. The molecule has 1 aliphatic rings. The molecule has 0 amide bonds. The van der Waals surface area contributed by atoms with Crippen molar-refractivity contribution in [3.63, 3.8) is 0 Å². The van der Waals surface area contributed by atoms with Gasteiger partial charge in [-0.3, -0.25) is 9.69 Å². The van der Waals surface area contributed by atoms with Gasteiger partial charge in [0.05, 0.1) is 18.9 Å². The van der Waals surface area contributed by atoms with Crippen LogP contribution in [0, 0.1) is 20.8 Å². The van der Waals surface area contributed by atoms with Crippen LogP contribution in [0.15, 0.2) is 28.9 Å². The Morgan fingerprint density at radius 1 is 1.23 bits per heavy atom. The number of carbonyl (C=O) groups excluding carboxylic acids is 1. The standard InChI is InChI=1S/C22H29NO3/c1-15-11-16(2)22(18(4)24)17(3)21(15)14-23(12-19-7-5-9-25-19)13-20-8-6-10-26-20/h5,7,9,11,20H,6,8,10,12-14H2,1-4H3. The van der Waals surface area contributed by atoms with Crippen LogP contribution < -0.4 is 0 Å². The minimum atomic E-state index is 0.137. The quantitative estimate of drug-likeness (QED) is 0.681. The zero-order valence-corrected chi connectivity index (χ0v) is 16.3. The summed E-state index contributed by atoms with van der Waals surface area (Å²) in [7, 11) is 0. The molecule has 1 saturated heterocycles. The van der Waals surface area contributed by atoms with Crippen molar-refractivity contribution < 1.29 is 13.9 Å². The molecule has 0 radical (unpaired) electrons. The molecule has 4 nitrogen and oxygen atoms in total. The zero-order valence-electron chi connectivity index (χ0n) is 16.3. The van der Waals surface area contributed by atoms with E-state index in [0.29, 0.717) is 0 Å². The van der Waals surface area contributed by atoms with E-state index in [1.165, 1.54) is 11.1 Å². The Labute approximate surface area is 156 Å². The Balaban J connectivity index is 1.87. The number of rotatable bonds is 7. The van der Waals surface area contributed by atoms with Crippen molar-refractivity contribution >= 4 is 5.78 Å². The molecule has 1 fully saturated rings. The van der Waals surface area contributed by atoms with E-state index in [-0.39, 0.29) is 11.9 Å². The van der Waals surface area contributed by atoms with Gasteiger partial charge in [-0.15, -0.1) is 0 Å². The summed E-state index contributed by atoms with van der Waals surface area (Å²) in [6.07, 6.45) is 4.24. The van der Waals surface area contributed by atoms with Crippen molar-refractivity contribution in [2.75, 3.05) is 13.2 Å². The number of hydrogen-bond donors (Lipinski definition) is 0. The monoisotopic (exact) mass is 355 g/mol. The number of nitrogens with zero attached hydrogens (tertiary/aromatic N) is 1. The maximum atomic E-state index is 12.1. The van der Waals surface area contributed by atoms with E-state index in [1.807, 2.05) is 19.1 Å². The van der Waals surface area contributed by atoms with Gasteiger partial charge in [-0.25, -0.2) is 0 Å². The van der Waals surface area contributed by atoms with E-state index >= 15 is 0 Å². The maximum Gasteiger partial charge on any atom is 0.160 e.